The van der Waals surface area contributed by atoms with Crippen molar-refractivity contribution in [3.05, 3.63) is 0 Å². The number of ether oxygens (including phenoxy) is 1. The molecule has 96 valence electrons. The summed E-state index contributed by atoms with van der Waals surface area (Å²) in [5.74, 6) is 0.739. The lowest BCUT2D eigenvalue weighted by molar-refractivity contribution is -0.0478. The van der Waals surface area contributed by atoms with Crippen LogP contribution in [0.1, 0.15) is 65.2 Å². The lowest BCUT2D eigenvalue weighted by Gasteiger charge is -2.28. The summed E-state index contributed by atoms with van der Waals surface area (Å²) in [6.45, 7) is 4.88. The maximum Gasteiger partial charge on any atom is 0.0833 e. The number of rotatable bonds is 7. The highest BCUT2D eigenvalue weighted by molar-refractivity contribution is 4.75. The third kappa shape index (κ3) is 4.84. The molecule has 2 nitrogen and oxygen atoms in total. The highest BCUT2D eigenvalue weighted by Crippen LogP contribution is 2.28. The Hall–Kier alpha value is -0.0800. The molecule has 1 aliphatic carbocycles. The smallest absolute Gasteiger partial charge is 0.0833 e. The van der Waals surface area contributed by atoms with E-state index < -0.39 is 0 Å². The van der Waals surface area contributed by atoms with Crippen molar-refractivity contribution < 1.29 is 9.84 Å². The van der Waals surface area contributed by atoms with E-state index in [1.165, 1.54) is 32.1 Å². The molecule has 0 aliphatic heterocycles. The van der Waals surface area contributed by atoms with Gasteiger partial charge in [-0.3, -0.25) is 0 Å². The average molecular weight is 228 g/mol. The molecular formula is C14H28O2. The van der Waals surface area contributed by atoms with Gasteiger partial charge in [-0.2, -0.15) is 0 Å². The maximum atomic E-state index is 10.2. The Kier molecular flexibility index (Phi) is 7.06. The highest BCUT2D eigenvalue weighted by Gasteiger charge is 2.23. The molecule has 0 aromatic rings. The second-order valence-corrected chi connectivity index (χ2v) is 5.09. The Morgan fingerprint density at radius 1 is 1.19 bits per heavy atom. The summed E-state index contributed by atoms with van der Waals surface area (Å²) in [5.41, 5.74) is 0. The number of aliphatic hydroxyl groups excluding tert-OH is 1. The van der Waals surface area contributed by atoms with E-state index in [-0.39, 0.29) is 12.2 Å². The molecule has 2 atom stereocenters. The van der Waals surface area contributed by atoms with Crippen molar-refractivity contribution in [2.24, 2.45) is 5.92 Å². The molecule has 2 heteroatoms. The van der Waals surface area contributed by atoms with Crippen molar-refractivity contribution >= 4 is 0 Å². The van der Waals surface area contributed by atoms with Gasteiger partial charge in [-0.15, -0.1) is 0 Å². The van der Waals surface area contributed by atoms with Crippen LogP contribution >= 0.6 is 0 Å². The van der Waals surface area contributed by atoms with Gasteiger partial charge in [0.2, 0.25) is 0 Å². The Labute approximate surface area is 100 Å². The first-order valence-electron chi connectivity index (χ1n) is 7.07. The summed E-state index contributed by atoms with van der Waals surface area (Å²) in [5, 5.41) is 10.2. The van der Waals surface area contributed by atoms with Crippen LogP contribution in [0.5, 0.6) is 0 Å². The zero-order valence-corrected chi connectivity index (χ0v) is 11.0. The number of hydrogen-bond donors (Lipinski definition) is 1. The zero-order valence-electron chi connectivity index (χ0n) is 11.0. The van der Waals surface area contributed by atoms with Gasteiger partial charge in [0.15, 0.2) is 0 Å². The third-order valence-corrected chi connectivity index (χ3v) is 3.68. The van der Waals surface area contributed by atoms with Gasteiger partial charge in [-0.25, -0.2) is 0 Å². The van der Waals surface area contributed by atoms with E-state index in [1.54, 1.807) is 0 Å². The summed E-state index contributed by atoms with van der Waals surface area (Å²) >= 11 is 0. The standard InChI is InChI=1S/C14H28O2/c1-3-8-14(16-4-2)13(15)11-12-9-6-5-7-10-12/h12-15H,3-11H2,1-2H3. The molecule has 16 heavy (non-hydrogen) atoms. The van der Waals surface area contributed by atoms with Crippen molar-refractivity contribution in [2.45, 2.75) is 77.4 Å². The molecule has 0 radical (unpaired) electrons. The van der Waals surface area contributed by atoms with Crippen LogP contribution in [0.2, 0.25) is 0 Å². The quantitative estimate of drug-likeness (QED) is 0.722. The summed E-state index contributed by atoms with van der Waals surface area (Å²) in [7, 11) is 0. The van der Waals surface area contributed by atoms with E-state index in [1.807, 2.05) is 6.92 Å². The van der Waals surface area contributed by atoms with E-state index in [2.05, 4.69) is 6.92 Å². The molecule has 0 aromatic carbocycles. The lowest BCUT2D eigenvalue weighted by atomic mass is 9.84. The van der Waals surface area contributed by atoms with Gasteiger partial charge in [0, 0.05) is 6.61 Å². The van der Waals surface area contributed by atoms with Crippen molar-refractivity contribution in [1.82, 2.24) is 0 Å². The Morgan fingerprint density at radius 3 is 2.44 bits per heavy atom. The summed E-state index contributed by atoms with van der Waals surface area (Å²) in [4.78, 5) is 0. The first kappa shape index (κ1) is 14.0. The highest BCUT2D eigenvalue weighted by atomic mass is 16.5. The molecule has 1 fully saturated rings. The van der Waals surface area contributed by atoms with Gasteiger partial charge in [-0.1, -0.05) is 45.4 Å². The van der Waals surface area contributed by atoms with E-state index in [0.717, 1.165) is 25.2 Å². The molecule has 0 spiro atoms. The Balaban J connectivity index is 2.31. The maximum absolute atomic E-state index is 10.2. The van der Waals surface area contributed by atoms with Crippen LogP contribution < -0.4 is 0 Å². The van der Waals surface area contributed by atoms with Crippen LogP contribution in [-0.2, 0) is 4.74 Å². The van der Waals surface area contributed by atoms with Gasteiger partial charge in [-0.05, 0) is 25.7 Å². The molecule has 0 aromatic heterocycles. The van der Waals surface area contributed by atoms with Crippen molar-refractivity contribution in [1.29, 1.82) is 0 Å². The van der Waals surface area contributed by atoms with Crippen LogP contribution in [0, 0.1) is 5.92 Å². The molecule has 1 N–H and O–H groups in total. The predicted octanol–water partition coefficient (Wildman–Crippen LogP) is 3.52. The topological polar surface area (TPSA) is 29.5 Å². The van der Waals surface area contributed by atoms with E-state index in [9.17, 15) is 5.11 Å². The first-order valence-corrected chi connectivity index (χ1v) is 7.07. The zero-order chi connectivity index (χ0) is 11.8. The van der Waals surface area contributed by atoms with E-state index in [0.29, 0.717) is 6.61 Å². The molecule has 2 unspecified atom stereocenters. The minimum absolute atomic E-state index is 0.0666. The SMILES string of the molecule is CCCC(OCC)C(O)CC1CCCCC1. The fourth-order valence-electron chi connectivity index (χ4n) is 2.80. The second-order valence-electron chi connectivity index (χ2n) is 5.09. The molecular weight excluding hydrogens is 200 g/mol. The van der Waals surface area contributed by atoms with Gasteiger partial charge in [0.1, 0.15) is 0 Å². The van der Waals surface area contributed by atoms with Gasteiger partial charge in [0.25, 0.3) is 0 Å². The fraction of sp³-hybridized carbons (Fsp3) is 1.00. The molecule has 0 heterocycles. The van der Waals surface area contributed by atoms with Gasteiger partial charge >= 0.3 is 0 Å². The molecule has 1 aliphatic rings. The van der Waals surface area contributed by atoms with Crippen LogP contribution in [0.25, 0.3) is 0 Å². The van der Waals surface area contributed by atoms with E-state index >= 15 is 0 Å². The van der Waals surface area contributed by atoms with Gasteiger partial charge < -0.3 is 9.84 Å². The summed E-state index contributed by atoms with van der Waals surface area (Å²) < 4.78 is 5.64. The monoisotopic (exact) mass is 228 g/mol. The minimum Gasteiger partial charge on any atom is -0.390 e. The van der Waals surface area contributed by atoms with Crippen molar-refractivity contribution in [3.63, 3.8) is 0 Å². The van der Waals surface area contributed by atoms with Crippen LogP contribution in [0.15, 0.2) is 0 Å². The molecule has 1 saturated carbocycles. The molecule has 0 amide bonds. The summed E-state index contributed by atoms with van der Waals surface area (Å²) in [6, 6.07) is 0. The molecule has 1 rings (SSSR count). The number of hydrogen-bond acceptors (Lipinski definition) is 2. The molecule has 0 bridgehead atoms. The second kappa shape index (κ2) is 8.08. The number of aliphatic hydroxyl groups is 1. The first-order chi connectivity index (χ1) is 7.77. The minimum atomic E-state index is -0.247. The normalized spacial score (nSPS) is 21.9. The Morgan fingerprint density at radius 2 is 1.88 bits per heavy atom. The van der Waals surface area contributed by atoms with Gasteiger partial charge in [0.05, 0.1) is 12.2 Å². The third-order valence-electron chi connectivity index (χ3n) is 3.68. The predicted molar refractivity (Wildman–Crippen MR) is 67.5 cm³/mol. The largest absolute Gasteiger partial charge is 0.390 e. The van der Waals surface area contributed by atoms with Crippen LogP contribution in [0.4, 0.5) is 0 Å². The van der Waals surface area contributed by atoms with Crippen molar-refractivity contribution in [3.8, 4) is 0 Å². The van der Waals surface area contributed by atoms with Crippen molar-refractivity contribution in [2.75, 3.05) is 6.61 Å². The fourth-order valence-corrected chi connectivity index (χ4v) is 2.80. The average Bonchev–Trinajstić information content (AvgIpc) is 2.30. The van der Waals surface area contributed by atoms with Crippen LogP contribution in [0.3, 0.4) is 0 Å². The molecule has 0 saturated heterocycles. The lowest BCUT2D eigenvalue weighted by Crippen LogP contribution is -2.31. The summed E-state index contributed by atoms with van der Waals surface area (Å²) in [6.07, 6.45) is 9.55. The Bertz CT molecular complexity index is 158. The van der Waals surface area contributed by atoms with Crippen LogP contribution in [-0.4, -0.2) is 23.9 Å². The van der Waals surface area contributed by atoms with E-state index in [4.69, 9.17) is 4.74 Å².